The van der Waals surface area contributed by atoms with Crippen LogP contribution in [0.1, 0.15) is 58.9 Å². The van der Waals surface area contributed by atoms with Crippen molar-refractivity contribution in [1.29, 1.82) is 0 Å². The van der Waals surface area contributed by atoms with Gasteiger partial charge in [-0.2, -0.15) is 5.10 Å². The number of morpholine rings is 1. The molecule has 1 aliphatic carbocycles. The standard InChI is InChI=1S/C46H70ClN9O10/c1-35-29-54(30-36(2)65-35)40-7-9-41(10-8-40)56-32-43(52-46-49-27-39(28-50-46)38-6-11-42(47)44(26-38)66-37(3)31-55-34-48-33-51-55)45(53-56)64-13-5-12-58-16-17-60-20-21-62-24-25-63-23-22-61-19-18-59-15-14-57-4/h6,11,26-28,32-37,40-41H,5,7-10,12-25,29-31H2,1-4H3,(H,49,50,52)/t35-,36+,37-,40?,41?/m0/s1. The molecule has 366 valence electrons. The van der Waals surface area contributed by atoms with Crippen molar-refractivity contribution in [2.24, 2.45) is 0 Å². The Morgan fingerprint density at radius 1 is 0.758 bits per heavy atom. The molecule has 4 heterocycles. The lowest BCUT2D eigenvalue weighted by atomic mass is 9.89. The third-order valence-corrected chi connectivity index (χ3v) is 11.4. The van der Waals surface area contributed by atoms with Crippen LogP contribution in [0.2, 0.25) is 5.02 Å². The van der Waals surface area contributed by atoms with E-state index in [0.717, 1.165) is 49.9 Å². The molecular formula is C46H70ClN9O10. The maximum atomic E-state index is 6.52. The predicted octanol–water partition coefficient (Wildman–Crippen LogP) is 5.90. The van der Waals surface area contributed by atoms with Crippen LogP contribution in [0.4, 0.5) is 11.6 Å². The minimum atomic E-state index is -0.186. The van der Waals surface area contributed by atoms with E-state index >= 15 is 0 Å². The first-order valence-corrected chi connectivity index (χ1v) is 23.7. The number of methoxy groups -OCH3 is 1. The summed E-state index contributed by atoms with van der Waals surface area (Å²) in [5, 5.41) is 13.0. The average Bonchev–Trinajstić information content (AvgIpc) is 3.98. The van der Waals surface area contributed by atoms with Gasteiger partial charge in [0.05, 0.1) is 122 Å². The fourth-order valence-electron chi connectivity index (χ4n) is 7.91. The van der Waals surface area contributed by atoms with Gasteiger partial charge >= 0.3 is 0 Å². The highest BCUT2D eigenvalue weighted by Gasteiger charge is 2.32. The second kappa shape index (κ2) is 29.0. The molecule has 1 aliphatic heterocycles. The molecule has 0 unspecified atom stereocenters. The van der Waals surface area contributed by atoms with Crippen LogP contribution in [0, 0.1) is 0 Å². The van der Waals surface area contributed by atoms with Crippen LogP contribution >= 0.6 is 11.6 Å². The molecule has 1 N–H and O–H groups in total. The van der Waals surface area contributed by atoms with Crippen LogP contribution in [0.5, 0.6) is 11.6 Å². The molecule has 3 atom stereocenters. The lowest BCUT2D eigenvalue weighted by molar-refractivity contribution is -0.0852. The summed E-state index contributed by atoms with van der Waals surface area (Å²) in [7, 11) is 1.65. The second-order valence-corrected chi connectivity index (χ2v) is 16.9. The summed E-state index contributed by atoms with van der Waals surface area (Å²) in [4.78, 5) is 15.9. The number of rotatable bonds is 32. The molecule has 2 fully saturated rings. The van der Waals surface area contributed by atoms with Gasteiger partial charge in [-0.3, -0.25) is 9.58 Å². The van der Waals surface area contributed by atoms with Crippen molar-refractivity contribution in [2.75, 3.05) is 118 Å². The van der Waals surface area contributed by atoms with E-state index in [0.29, 0.717) is 140 Å². The average molecular weight is 945 g/mol. The number of benzene rings is 1. The number of anilines is 2. The van der Waals surface area contributed by atoms with Gasteiger partial charge in [-0.05, 0) is 64.2 Å². The molecule has 66 heavy (non-hydrogen) atoms. The van der Waals surface area contributed by atoms with Gasteiger partial charge in [-0.1, -0.05) is 17.7 Å². The number of nitrogens with zero attached hydrogens (tertiary/aromatic N) is 8. The predicted molar refractivity (Wildman–Crippen MR) is 248 cm³/mol. The SMILES string of the molecule is COCCOCCOCCOCCOCCOCCOCCCOc1nn(C2CCC(N3C[C@@H](C)O[C@@H](C)C3)CC2)cc1Nc1ncc(-c2ccc(Cl)c(O[C@@H](C)Cn3cncn3)c2)cn1. The summed E-state index contributed by atoms with van der Waals surface area (Å²) in [5.74, 6) is 1.49. The summed E-state index contributed by atoms with van der Waals surface area (Å²) in [6, 6.07) is 6.44. The van der Waals surface area contributed by atoms with Crippen molar-refractivity contribution in [2.45, 2.75) is 89.8 Å². The monoisotopic (exact) mass is 943 g/mol. The topological polar surface area (TPSA) is 182 Å². The van der Waals surface area contributed by atoms with Gasteiger partial charge < -0.3 is 52.7 Å². The van der Waals surface area contributed by atoms with Gasteiger partial charge in [0.1, 0.15) is 30.2 Å². The molecule has 3 aromatic heterocycles. The third-order valence-electron chi connectivity index (χ3n) is 11.1. The molecule has 1 saturated carbocycles. The van der Waals surface area contributed by atoms with Crippen molar-refractivity contribution in [3.8, 4) is 22.8 Å². The van der Waals surface area contributed by atoms with Crippen LogP contribution in [-0.4, -0.2) is 176 Å². The normalized spacial score (nSPS) is 19.5. The summed E-state index contributed by atoms with van der Waals surface area (Å²) < 4.78 is 60.5. The Hall–Kier alpha value is -4.02. The van der Waals surface area contributed by atoms with E-state index < -0.39 is 0 Å². The van der Waals surface area contributed by atoms with Gasteiger partial charge in [-0.25, -0.2) is 19.6 Å². The van der Waals surface area contributed by atoms with Gasteiger partial charge in [0.25, 0.3) is 5.88 Å². The van der Waals surface area contributed by atoms with E-state index in [1.165, 1.54) is 6.33 Å². The van der Waals surface area contributed by atoms with E-state index in [9.17, 15) is 0 Å². The zero-order chi connectivity index (χ0) is 46.2. The van der Waals surface area contributed by atoms with Crippen molar-refractivity contribution < 1.29 is 47.4 Å². The molecule has 0 amide bonds. The van der Waals surface area contributed by atoms with E-state index in [1.807, 2.05) is 31.3 Å². The minimum absolute atomic E-state index is 0.186. The zero-order valence-electron chi connectivity index (χ0n) is 39.1. The van der Waals surface area contributed by atoms with E-state index in [1.54, 1.807) is 30.5 Å². The first kappa shape index (κ1) is 51.4. The number of aromatic nitrogens is 7. The zero-order valence-corrected chi connectivity index (χ0v) is 39.9. The Morgan fingerprint density at radius 2 is 1.35 bits per heavy atom. The van der Waals surface area contributed by atoms with Gasteiger partial charge in [0.2, 0.25) is 5.95 Å². The fraction of sp³-hybridized carbons (Fsp3) is 0.674. The summed E-state index contributed by atoms with van der Waals surface area (Å²) >= 11 is 6.52. The van der Waals surface area contributed by atoms with Crippen molar-refractivity contribution >= 4 is 23.2 Å². The highest BCUT2D eigenvalue weighted by molar-refractivity contribution is 6.32. The molecule has 0 spiro atoms. The molecule has 6 rings (SSSR count). The maximum absolute atomic E-state index is 6.52. The highest BCUT2D eigenvalue weighted by Crippen LogP contribution is 2.36. The Morgan fingerprint density at radius 3 is 1.94 bits per heavy atom. The lowest BCUT2D eigenvalue weighted by Crippen LogP contribution is -2.51. The Labute approximate surface area is 394 Å². The number of hydrogen-bond acceptors (Lipinski definition) is 17. The summed E-state index contributed by atoms with van der Waals surface area (Å²) in [5.41, 5.74) is 2.39. The molecule has 20 heteroatoms. The molecule has 0 bridgehead atoms. The Kier molecular flexibility index (Phi) is 22.6. The molecule has 1 saturated heterocycles. The molecule has 2 aliphatic rings. The Bertz CT molecular complexity index is 1900. The summed E-state index contributed by atoms with van der Waals surface area (Å²) in [6.45, 7) is 16.0. The number of nitrogens with one attached hydrogen (secondary N) is 1. The van der Waals surface area contributed by atoms with E-state index in [-0.39, 0.29) is 24.4 Å². The van der Waals surface area contributed by atoms with Crippen LogP contribution in [-0.2, 0) is 44.4 Å². The largest absolute Gasteiger partial charge is 0.487 e. The number of halogens is 1. The van der Waals surface area contributed by atoms with Crippen LogP contribution in [0.15, 0.2) is 49.4 Å². The molecule has 19 nitrogen and oxygen atoms in total. The van der Waals surface area contributed by atoms with E-state index in [4.69, 9.17) is 64.1 Å². The fourth-order valence-corrected chi connectivity index (χ4v) is 8.07. The smallest absolute Gasteiger partial charge is 0.256 e. The number of ether oxygens (including phenoxy) is 10. The van der Waals surface area contributed by atoms with Crippen LogP contribution in [0.25, 0.3) is 11.1 Å². The molecular weight excluding hydrogens is 874 g/mol. The number of hydrogen-bond donors (Lipinski definition) is 1. The lowest BCUT2D eigenvalue weighted by Gasteiger charge is -2.42. The first-order chi connectivity index (χ1) is 32.3. The maximum Gasteiger partial charge on any atom is 0.256 e. The van der Waals surface area contributed by atoms with E-state index in [2.05, 4.69) is 48.8 Å². The first-order valence-electron chi connectivity index (χ1n) is 23.3. The Balaban J connectivity index is 0.925. The molecule has 0 radical (unpaired) electrons. The quantitative estimate of drug-likeness (QED) is 0.0571. The van der Waals surface area contributed by atoms with Gasteiger partial charge in [0, 0.05) is 57.2 Å². The van der Waals surface area contributed by atoms with Crippen LogP contribution < -0.4 is 14.8 Å². The second-order valence-electron chi connectivity index (χ2n) is 16.5. The molecule has 1 aromatic carbocycles. The minimum Gasteiger partial charge on any atom is -0.487 e. The van der Waals surface area contributed by atoms with Crippen molar-refractivity contribution in [1.82, 2.24) is 39.4 Å². The van der Waals surface area contributed by atoms with Gasteiger partial charge in [0.15, 0.2) is 0 Å². The van der Waals surface area contributed by atoms with Crippen molar-refractivity contribution in [3.05, 3.63) is 54.5 Å². The van der Waals surface area contributed by atoms with Crippen molar-refractivity contribution in [3.63, 3.8) is 0 Å². The van der Waals surface area contributed by atoms with Gasteiger partial charge in [-0.15, -0.1) is 5.10 Å². The highest BCUT2D eigenvalue weighted by atomic mass is 35.5. The van der Waals surface area contributed by atoms with Crippen LogP contribution in [0.3, 0.4) is 0 Å². The summed E-state index contributed by atoms with van der Waals surface area (Å²) in [6.07, 6.45) is 14.0. The third kappa shape index (κ3) is 17.9. The molecule has 4 aromatic rings.